The van der Waals surface area contributed by atoms with Crippen LogP contribution in [0.2, 0.25) is 5.15 Å². The third-order valence-corrected chi connectivity index (χ3v) is 2.09. The largest absolute Gasteiger partial charge is 0.477 e. The van der Waals surface area contributed by atoms with Crippen LogP contribution in [0.3, 0.4) is 0 Å². The van der Waals surface area contributed by atoms with Crippen molar-refractivity contribution in [3.05, 3.63) is 17.0 Å². The van der Waals surface area contributed by atoms with Crippen LogP contribution < -0.4 is 4.74 Å². The molecule has 0 amide bonds. The first-order valence-electron chi connectivity index (χ1n) is 4.34. The summed E-state index contributed by atoms with van der Waals surface area (Å²) < 4.78 is 10.3. The summed E-state index contributed by atoms with van der Waals surface area (Å²) in [6.07, 6.45) is 2.22. The summed E-state index contributed by atoms with van der Waals surface area (Å²) in [7, 11) is 1.66. The summed E-state index contributed by atoms with van der Waals surface area (Å²) in [5.41, 5.74) is 0.770. The van der Waals surface area contributed by atoms with Crippen molar-refractivity contribution < 1.29 is 9.47 Å². The lowest BCUT2D eigenvalue weighted by molar-refractivity contribution is 0.170. The number of hydrogen-bond donors (Lipinski definition) is 0. The van der Waals surface area contributed by atoms with E-state index in [1.54, 1.807) is 7.11 Å². The minimum Gasteiger partial charge on any atom is -0.477 e. The Morgan fingerprint density at radius 1 is 1.36 bits per heavy atom. The van der Waals surface area contributed by atoms with Gasteiger partial charge in [0.15, 0.2) is 0 Å². The van der Waals surface area contributed by atoms with Crippen molar-refractivity contribution in [2.45, 2.75) is 13.3 Å². The Kier molecular flexibility index (Phi) is 4.62. The highest BCUT2D eigenvalue weighted by Gasteiger charge is 2.05. The first-order chi connectivity index (χ1) is 6.75. The first-order valence-corrected chi connectivity index (χ1v) is 4.72. The smallest absolute Gasteiger partial charge is 0.220 e. The standard InChI is InChI=1S/C9H13ClN2O2/c1-7-8(10)11-6-12-9(7)14-5-3-4-13-2/h6H,3-5H2,1-2H3. The number of halogens is 1. The number of ether oxygens (including phenoxy) is 2. The van der Waals surface area contributed by atoms with Crippen molar-refractivity contribution in [1.82, 2.24) is 9.97 Å². The molecule has 78 valence electrons. The molecule has 4 nitrogen and oxygen atoms in total. The van der Waals surface area contributed by atoms with Crippen LogP contribution in [0.25, 0.3) is 0 Å². The predicted octanol–water partition coefficient (Wildman–Crippen LogP) is 1.85. The van der Waals surface area contributed by atoms with Crippen LogP contribution in [0.15, 0.2) is 6.33 Å². The Morgan fingerprint density at radius 2 is 2.14 bits per heavy atom. The number of methoxy groups -OCH3 is 1. The minimum absolute atomic E-state index is 0.432. The summed E-state index contributed by atoms with van der Waals surface area (Å²) in [6.45, 7) is 3.08. The molecule has 1 rings (SSSR count). The van der Waals surface area contributed by atoms with Gasteiger partial charge in [0.05, 0.1) is 6.61 Å². The molecule has 1 aromatic rings. The second kappa shape index (κ2) is 5.78. The lowest BCUT2D eigenvalue weighted by atomic mass is 10.4. The summed E-state index contributed by atoms with van der Waals surface area (Å²) in [5.74, 6) is 0.543. The van der Waals surface area contributed by atoms with Gasteiger partial charge < -0.3 is 9.47 Å². The number of aromatic nitrogens is 2. The molecular formula is C9H13ClN2O2. The second-order valence-electron chi connectivity index (χ2n) is 2.79. The van der Waals surface area contributed by atoms with E-state index in [-0.39, 0.29) is 0 Å². The highest BCUT2D eigenvalue weighted by atomic mass is 35.5. The molecular weight excluding hydrogens is 204 g/mol. The van der Waals surface area contributed by atoms with Crippen molar-refractivity contribution in [2.24, 2.45) is 0 Å². The fourth-order valence-electron chi connectivity index (χ4n) is 0.932. The lowest BCUT2D eigenvalue weighted by Gasteiger charge is -2.07. The molecule has 14 heavy (non-hydrogen) atoms. The summed E-state index contributed by atoms with van der Waals surface area (Å²) in [4.78, 5) is 7.81. The van der Waals surface area contributed by atoms with Gasteiger partial charge >= 0.3 is 0 Å². The van der Waals surface area contributed by atoms with Gasteiger partial charge in [0.2, 0.25) is 5.88 Å². The van der Waals surface area contributed by atoms with Gasteiger partial charge in [-0.15, -0.1) is 0 Å². The maximum atomic E-state index is 5.80. The normalized spacial score (nSPS) is 10.2. The molecule has 0 fully saturated rings. The van der Waals surface area contributed by atoms with Crippen molar-refractivity contribution in [1.29, 1.82) is 0 Å². The summed E-state index contributed by atoms with van der Waals surface area (Å²) in [5, 5.41) is 0.432. The number of nitrogens with zero attached hydrogens (tertiary/aromatic N) is 2. The molecule has 1 aromatic heterocycles. The monoisotopic (exact) mass is 216 g/mol. The molecule has 0 bridgehead atoms. The van der Waals surface area contributed by atoms with E-state index in [0.29, 0.717) is 24.2 Å². The highest BCUT2D eigenvalue weighted by molar-refractivity contribution is 6.30. The Hall–Kier alpha value is -0.870. The van der Waals surface area contributed by atoms with Crippen molar-refractivity contribution in [3.8, 4) is 5.88 Å². The molecule has 0 aliphatic rings. The number of rotatable bonds is 5. The molecule has 0 radical (unpaired) electrons. The minimum atomic E-state index is 0.432. The van der Waals surface area contributed by atoms with Gasteiger partial charge in [-0.05, 0) is 6.92 Å². The van der Waals surface area contributed by atoms with Crippen LogP contribution in [-0.2, 0) is 4.74 Å². The van der Waals surface area contributed by atoms with Crippen LogP contribution in [0.1, 0.15) is 12.0 Å². The number of hydrogen-bond acceptors (Lipinski definition) is 4. The summed E-state index contributed by atoms with van der Waals surface area (Å²) >= 11 is 5.80. The van der Waals surface area contributed by atoms with E-state index in [2.05, 4.69) is 9.97 Å². The van der Waals surface area contributed by atoms with E-state index in [1.165, 1.54) is 6.33 Å². The van der Waals surface area contributed by atoms with Crippen LogP contribution in [0.5, 0.6) is 5.88 Å². The van der Waals surface area contributed by atoms with Crippen LogP contribution in [0, 0.1) is 6.92 Å². The van der Waals surface area contributed by atoms with Crippen LogP contribution >= 0.6 is 11.6 Å². The molecule has 5 heteroatoms. The van der Waals surface area contributed by atoms with Crippen molar-refractivity contribution in [3.63, 3.8) is 0 Å². The SMILES string of the molecule is COCCCOc1ncnc(Cl)c1C. The highest BCUT2D eigenvalue weighted by Crippen LogP contribution is 2.19. The van der Waals surface area contributed by atoms with Gasteiger partial charge in [-0.3, -0.25) is 0 Å². The predicted molar refractivity (Wildman–Crippen MR) is 53.8 cm³/mol. The van der Waals surface area contributed by atoms with Gasteiger partial charge in [0, 0.05) is 25.7 Å². The van der Waals surface area contributed by atoms with Crippen molar-refractivity contribution in [2.75, 3.05) is 20.3 Å². The van der Waals surface area contributed by atoms with E-state index in [0.717, 1.165) is 12.0 Å². The van der Waals surface area contributed by atoms with Gasteiger partial charge in [-0.2, -0.15) is 0 Å². The van der Waals surface area contributed by atoms with Gasteiger partial charge in [0.25, 0.3) is 0 Å². The molecule has 0 atom stereocenters. The maximum Gasteiger partial charge on any atom is 0.220 e. The Balaban J connectivity index is 2.46. The topological polar surface area (TPSA) is 44.2 Å². The van der Waals surface area contributed by atoms with Crippen LogP contribution in [-0.4, -0.2) is 30.3 Å². The average molecular weight is 217 g/mol. The second-order valence-corrected chi connectivity index (χ2v) is 3.15. The van der Waals surface area contributed by atoms with Gasteiger partial charge in [-0.25, -0.2) is 9.97 Å². The third kappa shape index (κ3) is 3.12. The average Bonchev–Trinajstić information content (AvgIpc) is 2.19. The zero-order valence-corrected chi connectivity index (χ0v) is 9.04. The maximum absolute atomic E-state index is 5.80. The van der Waals surface area contributed by atoms with E-state index in [1.807, 2.05) is 6.92 Å². The summed E-state index contributed by atoms with van der Waals surface area (Å²) in [6, 6.07) is 0. The van der Waals surface area contributed by atoms with E-state index in [9.17, 15) is 0 Å². The Bertz CT molecular complexity index is 294. The molecule has 0 saturated heterocycles. The Labute approximate surface area is 88.2 Å². The molecule has 1 heterocycles. The molecule has 0 aliphatic carbocycles. The van der Waals surface area contributed by atoms with E-state index in [4.69, 9.17) is 21.1 Å². The molecule has 0 saturated carbocycles. The quantitative estimate of drug-likeness (QED) is 0.557. The zero-order valence-electron chi connectivity index (χ0n) is 8.29. The van der Waals surface area contributed by atoms with Gasteiger partial charge in [-0.1, -0.05) is 11.6 Å². The molecule has 0 aliphatic heterocycles. The van der Waals surface area contributed by atoms with E-state index >= 15 is 0 Å². The first kappa shape index (κ1) is 11.2. The van der Waals surface area contributed by atoms with Gasteiger partial charge in [0.1, 0.15) is 11.5 Å². The van der Waals surface area contributed by atoms with Crippen LogP contribution in [0.4, 0.5) is 0 Å². The molecule has 0 N–H and O–H groups in total. The fraction of sp³-hybridized carbons (Fsp3) is 0.556. The third-order valence-electron chi connectivity index (χ3n) is 1.71. The van der Waals surface area contributed by atoms with E-state index < -0.39 is 0 Å². The Morgan fingerprint density at radius 3 is 2.86 bits per heavy atom. The zero-order chi connectivity index (χ0) is 10.4. The molecule has 0 unspecified atom stereocenters. The molecule has 0 aromatic carbocycles. The lowest BCUT2D eigenvalue weighted by Crippen LogP contribution is -2.04. The fourth-order valence-corrected chi connectivity index (χ4v) is 1.06. The molecule has 0 spiro atoms. The van der Waals surface area contributed by atoms with Crippen molar-refractivity contribution >= 4 is 11.6 Å².